The van der Waals surface area contributed by atoms with Gasteiger partial charge in [0.05, 0.1) is 23.3 Å². The minimum Gasteiger partial charge on any atom is -0.507 e. The molecule has 0 bridgehead atoms. The summed E-state index contributed by atoms with van der Waals surface area (Å²) in [5.41, 5.74) is 1.46. The Bertz CT molecular complexity index is 1480. The fourth-order valence-electron chi connectivity index (χ4n) is 6.27. The highest BCUT2D eigenvalue weighted by molar-refractivity contribution is 6.41. The second-order valence-electron chi connectivity index (χ2n) is 11.7. The molecule has 216 valence electrons. The smallest absolute Gasteiger partial charge is 0.331 e. The van der Waals surface area contributed by atoms with Crippen LogP contribution in [-0.2, 0) is 14.3 Å². The average molecular weight is 564 g/mol. The standard InChI is InChI=1S/C31H33NO9/c1-13(2)8-9-18-31(38)41-30-17-10-14(3)11-19(33)23(17)25-26(32(18)30)29(37)24-16(28(25)36)6-5-7-21(24)40-22-12-20(34)27(35)15(4)39-22/h5-7,10-11,13,15,18,20,22,27,30,33-35H,8-9,12H2,1-4H3. The van der Waals surface area contributed by atoms with Crippen molar-refractivity contribution in [2.45, 2.75) is 83.8 Å². The van der Waals surface area contributed by atoms with Crippen LogP contribution in [-0.4, -0.2) is 68.4 Å². The molecule has 4 aliphatic rings. The fraction of sp³-hybridized carbons (Fsp3) is 0.452. The van der Waals surface area contributed by atoms with Gasteiger partial charge in [0.25, 0.3) is 0 Å². The van der Waals surface area contributed by atoms with Gasteiger partial charge < -0.3 is 34.4 Å². The topological polar surface area (TPSA) is 143 Å². The Hall–Kier alpha value is -3.73. The van der Waals surface area contributed by atoms with E-state index in [4.69, 9.17) is 14.2 Å². The van der Waals surface area contributed by atoms with E-state index in [0.29, 0.717) is 24.0 Å². The number of aliphatic hydroxyl groups excluding tert-OH is 2. The van der Waals surface area contributed by atoms with E-state index in [1.807, 2.05) is 13.8 Å². The minimum atomic E-state index is -1.09. The van der Waals surface area contributed by atoms with Gasteiger partial charge in [0.15, 0.2) is 5.78 Å². The highest BCUT2D eigenvalue weighted by Crippen LogP contribution is 2.52. The lowest BCUT2D eigenvalue weighted by molar-refractivity contribution is -0.216. The van der Waals surface area contributed by atoms with Crippen molar-refractivity contribution in [3.63, 3.8) is 0 Å². The summed E-state index contributed by atoms with van der Waals surface area (Å²) in [6.07, 6.45) is -3.78. The van der Waals surface area contributed by atoms with Crippen molar-refractivity contribution in [3.8, 4) is 11.5 Å². The number of phenolic OH excluding ortho intramolecular Hbond substituents is 1. The zero-order chi connectivity index (χ0) is 29.3. The van der Waals surface area contributed by atoms with E-state index in [1.165, 1.54) is 18.2 Å². The van der Waals surface area contributed by atoms with E-state index >= 15 is 0 Å². The molecule has 3 heterocycles. The number of hydrogen-bond acceptors (Lipinski definition) is 10. The third-order valence-corrected chi connectivity index (χ3v) is 8.28. The van der Waals surface area contributed by atoms with Crippen molar-refractivity contribution >= 4 is 23.1 Å². The van der Waals surface area contributed by atoms with Crippen molar-refractivity contribution in [3.05, 3.63) is 63.8 Å². The largest absolute Gasteiger partial charge is 0.507 e. The molecule has 2 aromatic carbocycles. The van der Waals surface area contributed by atoms with Crippen LogP contribution in [0.25, 0.3) is 5.57 Å². The zero-order valence-electron chi connectivity index (χ0n) is 23.3. The number of benzene rings is 2. The van der Waals surface area contributed by atoms with Gasteiger partial charge in [0.1, 0.15) is 29.3 Å². The van der Waals surface area contributed by atoms with Gasteiger partial charge in [-0.15, -0.1) is 0 Å². The molecule has 10 heteroatoms. The number of ketones is 2. The van der Waals surface area contributed by atoms with Crippen LogP contribution in [0.15, 0.2) is 36.0 Å². The number of rotatable bonds is 5. The van der Waals surface area contributed by atoms with Gasteiger partial charge in [-0.2, -0.15) is 0 Å². The Labute approximate surface area is 237 Å². The second kappa shape index (κ2) is 9.97. The summed E-state index contributed by atoms with van der Waals surface area (Å²) in [6.45, 7) is 7.46. The number of hydrogen-bond donors (Lipinski definition) is 3. The molecule has 0 spiro atoms. The van der Waals surface area contributed by atoms with Crippen molar-refractivity contribution in [1.82, 2.24) is 4.90 Å². The summed E-state index contributed by atoms with van der Waals surface area (Å²) < 4.78 is 17.6. The van der Waals surface area contributed by atoms with E-state index < -0.39 is 54.4 Å². The number of ether oxygens (including phenoxy) is 3. The number of carbonyl (C=O) groups excluding carboxylic acids is 3. The monoisotopic (exact) mass is 563 g/mol. The molecule has 2 aromatic rings. The van der Waals surface area contributed by atoms with Crippen molar-refractivity contribution in [2.75, 3.05) is 0 Å². The predicted octanol–water partition coefficient (Wildman–Crippen LogP) is 3.40. The second-order valence-corrected chi connectivity index (χ2v) is 11.7. The number of carbonyl (C=O) groups is 3. The van der Waals surface area contributed by atoms with Gasteiger partial charge in [-0.05, 0) is 56.4 Å². The van der Waals surface area contributed by atoms with E-state index in [2.05, 4.69) is 0 Å². The lowest BCUT2D eigenvalue weighted by Crippen LogP contribution is -2.48. The molecule has 6 atom stereocenters. The normalized spacial score (nSPS) is 28.8. The maximum Gasteiger partial charge on any atom is 0.331 e. The number of nitrogens with zero attached hydrogens (tertiary/aromatic N) is 1. The van der Waals surface area contributed by atoms with E-state index in [1.54, 1.807) is 30.9 Å². The molecular formula is C31H33NO9. The number of allylic oxidation sites excluding steroid dienone is 2. The molecule has 0 amide bonds. The molecule has 6 unspecified atom stereocenters. The SMILES string of the molecule is Cc1cc(O)c2c(c1)C1OC(=O)C(CCC(C)C)N1C1=C2C(=O)c2cccc(OC3CC(O)C(O)C(C)O3)c2C1=O. The highest BCUT2D eigenvalue weighted by Gasteiger charge is 2.54. The molecule has 0 saturated carbocycles. The van der Waals surface area contributed by atoms with E-state index in [-0.39, 0.29) is 51.8 Å². The highest BCUT2D eigenvalue weighted by atomic mass is 16.7. The summed E-state index contributed by atoms with van der Waals surface area (Å²) in [5, 5.41) is 31.4. The molecule has 41 heavy (non-hydrogen) atoms. The number of Topliss-reactive ketones (excluding diaryl/α,β-unsaturated/α-hetero) is 2. The van der Waals surface area contributed by atoms with Gasteiger partial charge in [0, 0.05) is 23.1 Å². The average Bonchev–Trinajstić information content (AvgIpc) is 3.24. The Balaban J connectivity index is 1.49. The van der Waals surface area contributed by atoms with Crippen LogP contribution in [0.4, 0.5) is 0 Å². The lowest BCUT2D eigenvalue weighted by atomic mass is 9.78. The Kier molecular flexibility index (Phi) is 6.67. The number of aliphatic hydroxyl groups is 2. The summed E-state index contributed by atoms with van der Waals surface area (Å²) in [5.74, 6) is -1.34. The molecule has 3 N–H and O–H groups in total. The van der Waals surface area contributed by atoms with E-state index in [0.717, 1.165) is 0 Å². The lowest BCUT2D eigenvalue weighted by Gasteiger charge is -2.39. The van der Waals surface area contributed by atoms with Crippen LogP contribution >= 0.6 is 0 Å². The minimum absolute atomic E-state index is 0.00359. The number of phenols is 1. The molecule has 3 aliphatic heterocycles. The van der Waals surface area contributed by atoms with Crippen molar-refractivity contribution < 1.29 is 43.9 Å². The van der Waals surface area contributed by atoms with Crippen LogP contribution in [0.2, 0.25) is 0 Å². The third kappa shape index (κ3) is 4.32. The molecule has 2 fully saturated rings. The molecule has 2 saturated heterocycles. The van der Waals surface area contributed by atoms with Crippen LogP contribution in [0.3, 0.4) is 0 Å². The van der Waals surface area contributed by atoms with Gasteiger partial charge in [-0.1, -0.05) is 26.0 Å². The molecule has 0 radical (unpaired) electrons. The first-order valence-electron chi connectivity index (χ1n) is 14.0. The molecule has 10 nitrogen and oxygen atoms in total. The molecule has 0 aromatic heterocycles. The third-order valence-electron chi connectivity index (χ3n) is 8.28. The van der Waals surface area contributed by atoms with Crippen LogP contribution in [0.1, 0.15) is 83.7 Å². The first-order valence-corrected chi connectivity index (χ1v) is 14.0. The van der Waals surface area contributed by atoms with E-state index in [9.17, 15) is 29.7 Å². The number of aromatic hydroxyl groups is 1. The van der Waals surface area contributed by atoms with Crippen molar-refractivity contribution in [2.24, 2.45) is 5.92 Å². The fourth-order valence-corrected chi connectivity index (χ4v) is 6.27. The summed E-state index contributed by atoms with van der Waals surface area (Å²) in [7, 11) is 0. The van der Waals surface area contributed by atoms with Gasteiger partial charge in [0.2, 0.25) is 18.3 Å². The van der Waals surface area contributed by atoms with Gasteiger partial charge in [-0.3, -0.25) is 9.59 Å². The zero-order valence-corrected chi connectivity index (χ0v) is 23.3. The van der Waals surface area contributed by atoms with Crippen LogP contribution < -0.4 is 4.74 Å². The van der Waals surface area contributed by atoms with Crippen molar-refractivity contribution in [1.29, 1.82) is 0 Å². The molecular weight excluding hydrogens is 530 g/mol. The first-order chi connectivity index (χ1) is 19.5. The van der Waals surface area contributed by atoms with Crippen LogP contribution in [0.5, 0.6) is 11.5 Å². The molecule has 1 aliphatic carbocycles. The first kappa shape index (κ1) is 27.4. The Morgan fingerprint density at radius 2 is 1.85 bits per heavy atom. The van der Waals surface area contributed by atoms with Gasteiger partial charge in [-0.25, -0.2) is 4.79 Å². The summed E-state index contributed by atoms with van der Waals surface area (Å²) >= 11 is 0. The number of fused-ring (bicyclic) bond motifs is 6. The maximum absolute atomic E-state index is 14.5. The molecule has 6 rings (SSSR count). The number of esters is 1. The Morgan fingerprint density at radius 1 is 1.10 bits per heavy atom. The Morgan fingerprint density at radius 3 is 2.56 bits per heavy atom. The summed E-state index contributed by atoms with van der Waals surface area (Å²) in [4.78, 5) is 43.5. The number of aryl methyl sites for hydroxylation is 1. The summed E-state index contributed by atoms with van der Waals surface area (Å²) in [6, 6.07) is 7.13. The predicted molar refractivity (Wildman–Crippen MR) is 145 cm³/mol. The van der Waals surface area contributed by atoms with Crippen LogP contribution in [0, 0.1) is 12.8 Å². The quantitative estimate of drug-likeness (QED) is 0.463. The van der Waals surface area contributed by atoms with Gasteiger partial charge >= 0.3 is 5.97 Å². The maximum atomic E-state index is 14.5.